The normalized spacial score (nSPS) is 19.8. The number of hydrogen-bond acceptors (Lipinski definition) is 4. The van der Waals surface area contributed by atoms with Crippen molar-refractivity contribution in [2.45, 2.75) is 24.6 Å². The summed E-state index contributed by atoms with van der Waals surface area (Å²) >= 11 is 0. The van der Waals surface area contributed by atoms with Crippen molar-refractivity contribution in [3.8, 4) is 11.3 Å². The first kappa shape index (κ1) is 16.2. The van der Waals surface area contributed by atoms with Crippen LogP contribution in [-0.4, -0.2) is 31.7 Å². The van der Waals surface area contributed by atoms with Crippen LogP contribution in [0.4, 0.5) is 4.39 Å². The van der Waals surface area contributed by atoms with Gasteiger partial charge in [0, 0.05) is 6.54 Å². The second-order valence-corrected chi connectivity index (χ2v) is 7.68. The zero-order chi connectivity index (χ0) is 16.4. The molecule has 2 aromatic rings. The highest BCUT2D eigenvalue weighted by molar-refractivity contribution is 7.89. The maximum absolute atomic E-state index is 13.8. The highest BCUT2D eigenvalue weighted by atomic mass is 32.2. The fourth-order valence-electron chi connectivity index (χ4n) is 2.91. The van der Waals surface area contributed by atoms with Crippen molar-refractivity contribution in [3.05, 3.63) is 48.0 Å². The molecule has 0 spiro atoms. The summed E-state index contributed by atoms with van der Waals surface area (Å²) in [5.74, 6) is 0.817. The quantitative estimate of drug-likeness (QED) is 0.928. The molecule has 1 unspecified atom stereocenters. The van der Waals surface area contributed by atoms with Crippen molar-refractivity contribution >= 4 is 10.0 Å². The Morgan fingerprint density at radius 3 is 2.78 bits per heavy atom. The minimum absolute atomic E-state index is 0.333. The van der Waals surface area contributed by atoms with E-state index in [9.17, 15) is 12.8 Å². The molecule has 1 fully saturated rings. The average Bonchev–Trinajstić information content (AvgIpc) is 2.95. The summed E-state index contributed by atoms with van der Waals surface area (Å²) in [6.07, 6.45) is 1.37. The molecule has 1 aromatic carbocycles. The van der Waals surface area contributed by atoms with Gasteiger partial charge in [-0.25, -0.2) is 17.9 Å². The summed E-state index contributed by atoms with van der Waals surface area (Å²) in [5, 5.41) is 4.71. The predicted octanol–water partition coefficient (Wildman–Crippen LogP) is 2.34. The van der Waals surface area contributed by atoms with Crippen molar-refractivity contribution < 1.29 is 17.2 Å². The molecule has 23 heavy (non-hydrogen) atoms. The number of primary sulfonamides is 1. The number of rotatable bonds is 4. The van der Waals surface area contributed by atoms with Crippen molar-refractivity contribution in [2.75, 3.05) is 13.1 Å². The fraction of sp³-hybridized carbons (Fsp3) is 0.375. The van der Waals surface area contributed by atoms with Crippen LogP contribution in [0.15, 0.2) is 40.8 Å². The van der Waals surface area contributed by atoms with Crippen LogP contribution in [0.3, 0.4) is 0 Å². The highest BCUT2D eigenvalue weighted by Gasteiger charge is 2.28. The number of nitrogens with two attached hydrogens (primary N) is 1. The lowest BCUT2D eigenvalue weighted by Gasteiger charge is -2.30. The third kappa shape index (κ3) is 3.80. The highest BCUT2D eigenvalue weighted by Crippen LogP contribution is 2.26. The first-order valence-electron chi connectivity index (χ1n) is 7.51. The molecule has 7 heteroatoms. The van der Waals surface area contributed by atoms with Crippen LogP contribution in [0.25, 0.3) is 11.3 Å². The van der Waals surface area contributed by atoms with Crippen molar-refractivity contribution in [2.24, 2.45) is 5.14 Å². The van der Waals surface area contributed by atoms with E-state index in [1.54, 1.807) is 30.3 Å². The number of sulfonamides is 1. The van der Waals surface area contributed by atoms with Gasteiger partial charge < -0.3 is 4.42 Å². The molecule has 5 nitrogen and oxygen atoms in total. The van der Waals surface area contributed by atoms with Gasteiger partial charge in [0.2, 0.25) is 10.0 Å². The Bertz CT molecular complexity index is 788. The standard InChI is InChI=1S/C16H19FN2O3S/c17-15-6-2-1-5-14(15)16-8-7-12(22-16)10-19-9-3-4-13(11-19)23(18,20)21/h1-2,5-8,13H,3-4,9-11H2,(H2,18,20,21). The maximum Gasteiger partial charge on any atom is 0.213 e. The van der Waals surface area contributed by atoms with Crippen molar-refractivity contribution in [1.82, 2.24) is 4.90 Å². The minimum atomic E-state index is -3.52. The lowest BCUT2D eigenvalue weighted by molar-refractivity contribution is 0.207. The number of hydrogen-bond donors (Lipinski definition) is 1. The fourth-order valence-corrected chi connectivity index (χ4v) is 3.83. The largest absolute Gasteiger partial charge is 0.460 e. The molecule has 0 aliphatic carbocycles. The molecule has 1 saturated heterocycles. The zero-order valence-electron chi connectivity index (χ0n) is 12.6. The Balaban J connectivity index is 1.71. The number of likely N-dealkylation sites (tertiary alicyclic amines) is 1. The van der Waals surface area contributed by atoms with Crippen LogP contribution in [0.5, 0.6) is 0 Å². The number of furan rings is 1. The Hall–Kier alpha value is -1.70. The molecule has 1 atom stereocenters. The van der Waals surface area contributed by atoms with Gasteiger partial charge >= 0.3 is 0 Å². The number of piperidine rings is 1. The van der Waals surface area contributed by atoms with Crippen LogP contribution in [0.1, 0.15) is 18.6 Å². The summed E-state index contributed by atoms with van der Waals surface area (Å²) in [7, 11) is -3.52. The van der Waals surface area contributed by atoms with Gasteiger partial charge in [-0.2, -0.15) is 0 Å². The van der Waals surface area contributed by atoms with Gasteiger partial charge in [0.05, 0.1) is 17.4 Å². The Labute approximate surface area is 134 Å². The molecule has 1 aromatic heterocycles. The molecular formula is C16H19FN2O3S. The van der Waals surface area contributed by atoms with Gasteiger partial charge in [-0.1, -0.05) is 12.1 Å². The van der Waals surface area contributed by atoms with Gasteiger partial charge in [-0.15, -0.1) is 0 Å². The minimum Gasteiger partial charge on any atom is -0.460 e. The second kappa shape index (κ2) is 6.43. The maximum atomic E-state index is 13.8. The topological polar surface area (TPSA) is 76.5 Å². The van der Waals surface area contributed by atoms with Crippen molar-refractivity contribution in [3.63, 3.8) is 0 Å². The molecule has 0 saturated carbocycles. The summed E-state index contributed by atoms with van der Waals surface area (Å²) in [5.41, 5.74) is 0.416. The molecule has 124 valence electrons. The molecule has 1 aliphatic rings. The molecule has 0 amide bonds. The zero-order valence-corrected chi connectivity index (χ0v) is 13.4. The van der Waals surface area contributed by atoms with Crippen molar-refractivity contribution in [1.29, 1.82) is 0 Å². The molecule has 0 bridgehead atoms. The molecule has 0 radical (unpaired) electrons. The Morgan fingerprint density at radius 2 is 2.04 bits per heavy atom. The van der Waals surface area contributed by atoms with E-state index in [1.165, 1.54) is 6.07 Å². The first-order valence-corrected chi connectivity index (χ1v) is 9.12. The Morgan fingerprint density at radius 1 is 1.26 bits per heavy atom. The summed E-state index contributed by atoms with van der Waals surface area (Å²) < 4.78 is 42.5. The lowest BCUT2D eigenvalue weighted by atomic mass is 10.1. The van der Waals surface area contributed by atoms with E-state index in [4.69, 9.17) is 9.56 Å². The van der Waals surface area contributed by atoms with E-state index in [2.05, 4.69) is 0 Å². The first-order chi connectivity index (χ1) is 10.9. The molecular weight excluding hydrogens is 319 g/mol. The molecule has 2 N–H and O–H groups in total. The third-order valence-corrected chi connectivity index (χ3v) is 5.42. The van der Waals surface area contributed by atoms with Gasteiger partial charge in [0.1, 0.15) is 17.3 Å². The van der Waals surface area contributed by atoms with E-state index in [1.807, 2.05) is 4.90 Å². The summed E-state index contributed by atoms with van der Waals surface area (Å²) in [6.45, 7) is 1.68. The van der Waals surface area contributed by atoms with E-state index in [-0.39, 0.29) is 5.82 Å². The van der Waals surface area contributed by atoms with E-state index in [0.29, 0.717) is 36.6 Å². The van der Waals surface area contributed by atoms with E-state index < -0.39 is 15.3 Å². The summed E-state index contributed by atoms with van der Waals surface area (Å²) in [4.78, 5) is 2.00. The third-order valence-electron chi connectivity index (χ3n) is 4.11. The van der Waals surface area contributed by atoms with Gasteiger partial charge in [-0.05, 0) is 43.7 Å². The van der Waals surface area contributed by atoms with Gasteiger partial charge in [0.15, 0.2) is 0 Å². The molecule has 3 rings (SSSR count). The van der Waals surface area contributed by atoms with Crippen LogP contribution >= 0.6 is 0 Å². The Kier molecular flexibility index (Phi) is 4.52. The number of nitrogens with zero attached hydrogens (tertiary/aromatic N) is 1. The van der Waals surface area contributed by atoms with Crippen LogP contribution in [0.2, 0.25) is 0 Å². The molecule has 1 aliphatic heterocycles. The SMILES string of the molecule is NS(=O)(=O)C1CCCN(Cc2ccc(-c3ccccc3F)o2)C1. The smallest absolute Gasteiger partial charge is 0.213 e. The van der Waals surface area contributed by atoms with Crippen LogP contribution < -0.4 is 5.14 Å². The predicted molar refractivity (Wildman–Crippen MR) is 85.5 cm³/mol. The number of halogens is 1. The van der Waals surface area contributed by atoms with Gasteiger partial charge in [-0.3, -0.25) is 4.90 Å². The number of benzene rings is 1. The van der Waals surface area contributed by atoms with Crippen LogP contribution in [0, 0.1) is 5.82 Å². The van der Waals surface area contributed by atoms with E-state index in [0.717, 1.165) is 13.0 Å². The molecule has 2 heterocycles. The average molecular weight is 338 g/mol. The monoisotopic (exact) mass is 338 g/mol. The summed E-state index contributed by atoms with van der Waals surface area (Å²) in [6, 6.07) is 9.96. The van der Waals surface area contributed by atoms with Crippen LogP contribution in [-0.2, 0) is 16.6 Å². The van der Waals surface area contributed by atoms with Gasteiger partial charge in [0.25, 0.3) is 0 Å². The lowest BCUT2D eigenvalue weighted by Crippen LogP contribution is -2.44. The second-order valence-electron chi connectivity index (χ2n) is 5.83. The van der Waals surface area contributed by atoms with E-state index >= 15 is 0 Å².